The number of carbonyl (C=O) groups is 3. The molecule has 0 unspecified atom stereocenters. The summed E-state index contributed by atoms with van der Waals surface area (Å²) in [6, 6.07) is 9.11. The molecule has 2 aromatic carbocycles. The molecule has 0 N–H and O–H groups in total. The van der Waals surface area contributed by atoms with E-state index in [-0.39, 0.29) is 53.0 Å². The molecular formula is C31H31ClF3N5O4S. The molecule has 9 nitrogen and oxygen atoms in total. The van der Waals surface area contributed by atoms with Crippen LogP contribution in [0.1, 0.15) is 43.9 Å². The van der Waals surface area contributed by atoms with Gasteiger partial charge in [0.15, 0.2) is 0 Å². The molecule has 3 fully saturated rings. The van der Waals surface area contributed by atoms with Crippen LogP contribution < -0.4 is 0 Å². The van der Waals surface area contributed by atoms with E-state index >= 15 is 0 Å². The van der Waals surface area contributed by atoms with Gasteiger partial charge in [-0.3, -0.25) is 24.1 Å². The highest BCUT2D eigenvalue weighted by molar-refractivity contribution is 8.18. The Balaban J connectivity index is 1.09. The number of carbonyl (C=O) groups excluding carboxylic acids is 3. The molecule has 3 aromatic rings. The first-order valence-electron chi connectivity index (χ1n) is 14.5. The average Bonchev–Trinajstić information content (AvgIpc) is 3.71. The first-order valence-corrected chi connectivity index (χ1v) is 15.7. The number of nitrogens with zero attached hydrogens (tertiary/aromatic N) is 5. The third-order valence-corrected chi connectivity index (χ3v) is 9.27. The van der Waals surface area contributed by atoms with Crippen LogP contribution in [0.3, 0.4) is 0 Å². The number of hydrogen-bond acceptors (Lipinski definition) is 7. The molecule has 14 heteroatoms. The van der Waals surface area contributed by atoms with E-state index in [1.807, 2.05) is 20.8 Å². The van der Waals surface area contributed by atoms with Crippen LogP contribution in [0, 0.1) is 0 Å². The number of halogens is 4. The molecule has 0 spiro atoms. The van der Waals surface area contributed by atoms with E-state index in [4.69, 9.17) is 16.3 Å². The highest BCUT2D eigenvalue weighted by Crippen LogP contribution is 2.36. The first-order chi connectivity index (χ1) is 21.2. The summed E-state index contributed by atoms with van der Waals surface area (Å²) in [4.78, 5) is 44.0. The third-order valence-electron chi connectivity index (χ3n) is 8.13. The number of amides is 3. The van der Waals surface area contributed by atoms with E-state index in [0.29, 0.717) is 41.0 Å². The quantitative estimate of drug-likeness (QED) is 0.279. The molecule has 2 atom stereocenters. The van der Waals surface area contributed by atoms with Gasteiger partial charge in [0.25, 0.3) is 11.1 Å². The molecule has 45 heavy (non-hydrogen) atoms. The number of rotatable bonds is 6. The van der Waals surface area contributed by atoms with Crippen LogP contribution in [0.2, 0.25) is 5.02 Å². The smallest absolute Gasteiger partial charge is 0.416 e. The van der Waals surface area contributed by atoms with Gasteiger partial charge < -0.3 is 9.64 Å². The Bertz CT molecular complexity index is 1720. The largest absolute Gasteiger partial charge is 0.444 e. The van der Waals surface area contributed by atoms with Gasteiger partial charge in [0, 0.05) is 48.7 Å². The van der Waals surface area contributed by atoms with Gasteiger partial charge >= 0.3 is 12.3 Å². The minimum Gasteiger partial charge on any atom is -0.444 e. The Kier molecular flexibility index (Phi) is 8.15. The molecule has 3 saturated heterocycles. The van der Waals surface area contributed by atoms with Gasteiger partial charge in [0.2, 0.25) is 0 Å². The van der Waals surface area contributed by atoms with Gasteiger partial charge in [-0.1, -0.05) is 23.7 Å². The summed E-state index contributed by atoms with van der Waals surface area (Å²) in [5.74, 6) is -0.372. The Morgan fingerprint density at radius 2 is 1.87 bits per heavy atom. The first kappa shape index (κ1) is 31.4. The lowest BCUT2D eigenvalue weighted by molar-refractivity contribution is -0.138. The minimum atomic E-state index is -4.56. The van der Waals surface area contributed by atoms with Crippen molar-refractivity contribution < 1.29 is 32.3 Å². The molecule has 3 aliphatic rings. The summed E-state index contributed by atoms with van der Waals surface area (Å²) in [7, 11) is 0. The fourth-order valence-electron chi connectivity index (χ4n) is 6.07. The van der Waals surface area contributed by atoms with Gasteiger partial charge in [-0.05, 0) is 80.4 Å². The van der Waals surface area contributed by atoms with E-state index in [0.717, 1.165) is 24.2 Å². The summed E-state index contributed by atoms with van der Waals surface area (Å²) in [6.45, 7) is 7.40. The van der Waals surface area contributed by atoms with Gasteiger partial charge in [0.05, 0.1) is 28.7 Å². The Morgan fingerprint density at radius 1 is 1.09 bits per heavy atom. The summed E-state index contributed by atoms with van der Waals surface area (Å²) in [6.07, 6.45) is -0.845. The molecule has 0 radical (unpaired) electrons. The Hall–Kier alpha value is -3.55. The van der Waals surface area contributed by atoms with E-state index in [1.165, 1.54) is 21.7 Å². The van der Waals surface area contributed by atoms with E-state index in [1.54, 1.807) is 35.4 Å². The van der Waals surface area contributed by atoms with Crippen LogP contribution in [0.15, 0.2) is 47.5 Å². The summed E-state index contributed by atoms with van der Waals surface area (Å²) in [5, 5.41) is 4.62. The lowest BCUT2D eigenvalue weighted by Gasteiger charge is -2.35. The zero-order chi connectivity index (χ0) is 32.3. The van der Waals surface area contributed by atoms with Gasteiger partial charge in [0.1, 0.15) is 5.60 Å². The fraction of sp³-hybridized carbons (Fsp3) is 0.419. The standard InChI is InChI=1S/C31H31ClF3N5O4S/c1-30(2,3)44-28(42)39-17-22-13-23(39)16-37(22)8-9-38-27(41)26(45-29(38)43)11-18-4-7-25-20(10-18)14-36-40(25)15-19-5-6-21(32)12-24(19)31(33,34)35/h4-7,10-12,14,22-23H,8-9,13,15-17H2,1-3H3/t22-,23-/m0/s1. The Labute approximate surface area is 266 Å². The van der Waals surface area contributed by atoms with Crippen molar-refractivity contribution in [3.63, 3.8) is 0 Å². The molecule has 3 aliphatic heterocycles. The van der Waals surface area contributed by atoms with Crippen molar-refractivity contribution in [1.82, 2.24) is 24.5 Å². The van der Waals surface area contributed by atoms with Crippen molar-refractivity contribution in [2.45, 2.75) is 57.6 Å². The van der Waals surface area contributed by atoms with Crippen LogP contribution in [-0.2, 0) is 22.3 Å². The molecule has 2 bridgehead atoms. The second-order valence-corrected chi connectivity index (χ2v) is 13.9. The molecular weight excluding hydrogens is 631 g/mol. The molecule has 4 heterocycles. The predicted octanol–water partition coefficient (Wildman–Crippen LogP) is 6.49. The van der Waals surface area contributed by atoms with E-state index < -0.39 is 17.3 Å². The highest BCUT2D eigenvalue weighted by atomic mass is 35.5. The van der Waals surface area contributed by atoms with Gasteiger partial charge in [-0.15, -0.1) is 0 Å². The number of likely N-dealkylation sites (tertiary alicyclic amines) is 2. The number of hydrogen-bond donors (Lipinski definition) is 0. The van der Waals surface area contributed by atoms with Crippen LogP contribution >= 0.6 is 23.4 Å². The number of imide groups is 1. The number of alkyl halides is 3. The number of benzene rings is 2. The van der Waals surface area contributed by atoms with Crippen molar-refractivity contribution >= 4 is 57.6 Å². The SMILES string of the molecule is CC(C)(C)OC(=O)N1C[C@@H]2C[C@H]1CN2CCN1C(=O)SC(=Cc2ccc3c(cnn3Cc3ccc(Cl)cc3C(F)(F)F)c2)C1=O. The number of fused-ring (bicyclic) bond motifs is 3. The van der Waals surface area contributed by atoms with Crippen molar-refractivity contribution in [3.05, 3.63) is 69.2 Å². The predicted molar refractivity (Wildman–Crippen MR) is 165 cm³/mol. The summed E-state index contributed by atoms with van der Waals surface area (Å²) in [5.41, 5.74) is -0.0567. The lowest BCUT2D eigenvalue weighted by atomic mass is 10.1. The highest BCUT2D eigenvalue weighted by Gasteiger charge is 2.47. The van der Waals surface area contributed by atoms with Crippen molar-refractivity contribution in [2.24, 2.45) is 0 Å². The average molecular weight is 662 g/mol. The molecule has 0 aliphatic carbocycles. The molecule has 238 valence electrons. The lowest BCUT2D eigenvalue weighted by Crippen LogP contribution is -2.51. The van der Waals surface area contributed by atoms with Crippen LogP contribution in [0.25, 0.3) is 17.0 Å². The second-order valence-electron chi connectivity index (χ2n) is 12.4. The molecule has 3 amide bonds. The van der Waals surface area contributed by atoms with Crippen LogP contribution in [0.5, 0.6) is 0 Å². The topological polar surface area (TPSA) is 88.0 Å². The monoisotopic (exact) mass is 661 g/mol. The van der Waals surface area contributed by atoms with E-state index in [9.17, 15) is 27.6 Å². The normalized spacial score (nSPS) is 21.6. The molecule has 6 rings (SSSR count). The maximum absolute atomic E-state index is 13.6. The molecule has 0 saturated carbocycles. The number of piperazine rings is 1. The van der Waals surface area contributed by atoms with Crippen molar-refractivity contribution in [1.29, 1.82) is 0 Å². The number of ether oxygens (including phenoxy) is 1. The second kappa shape index (κ2) is 11.7. The minimum absolute atomic E-state index is 0.000126. The fourth-order valence-corrected chi connectivity index (χ4v) is 7.11. The maximum atomic E-state index is 13.6. The van der Waals surface area contributed by atoms with Crippen LogP contribution in [0.4, 0.5) is 22.8 Å². The number of aromatic nitrogens is 2. The summed E-state index contributed by atoms with van der Waals surface area (Å²) < 4.78 is 47.7. The zero-order valence-corrected chi connectivity index (χ0v) is 26.4. The van der Waals surface area contributed by atoms with E-state index in [2.05, 4.69) is 10.00 Å². The van der Waals surface area contributed by atoms with Crippen molar-refractivity contribution in [2.75, 3.05) is 26.2 Å². The van der Waals surface area contributed by atoms with Gasteiger partial charge in [-0.25, -0.2) is 4.79 Å². The maximum Gasteiger partial charge on any atom is 0.416 e. The molecule has 1 aromatic heterocycles. The Morgan fingerprint density at radius 3 is 2.56 bits per heavy atom. The van der Waals surface area contributed by atoms with Gasteiger partial charge in [-0.2, -0.15) is 18.3 Å². The summed E-state index contributed by atoms with van der Waals surface area (Å²) >= 11 is 6.68. The number of thioether (sulfide) groups is 1. The zero-order valence-electron chi connectivity index (χ0n) is 24.8. The van der Waals surface area contributed by atoms with Crippen LogP contribution in [-0.4, -0.2) is 85.6 Å². The van der Waals surface area contributed by atoms with Crippen molar-refractivity contribution in [3.8, 4) is 0 Å². The third kappa shape index (κ3) is 6.56.